The Morgan fingerprint density at radius 1 is 1.13 bits per heavy atom. The number of piperidine rings is 1. The maximum absolute atomic E-state index is 13.0. The van der Waals surface area contributed by atoms with Crippen LogP contribution in [0.2, 0.25) is 0 Å². The van der Waals surface area contributed by atoms with Crippen LogP contribution in [-0.2, 0) is 37.2 Å². The number of hydrogen-bond acceptors (Lipinski definition) is 6. The predicted octanol–water partition coefficient (Wildman–Crippen LogP) is 1.35. The van der Waals surface area contributed by atoms with Crippen LogP contribution in [0.15, 0.2) is 23.1 Å². The van der Waals surface area contributed by atoms with Gasteiger partial charge in [-0.1, -0.05) is 6.07 Å². The van der Waals surface area contributed by atoms with E-state index in [2.05, 4.69) is 10.6 Å². The Labute approximate surface area is 182 Å². The quantitative estimate of drug-likeness (QED) is 0.630. The number of urea groups is 1. The molecule has 1 aromatic rings. The number of aryl methyl sites for hydroxylation is 2. The summed E-state index contributed by atoms with van der Waals surface area (Å²) in [5.74, 6) is -1.76. The molecule has 1 fully saturated rings. The highest BCUT2D eigenvalue weighted by molar-refractivity contribution is 7.89. The number of imide groups is 1. The van der Waals surface area contributed by atoms with Crippen LogP contribution in [0.3, 0.4) is 0 Å². The lowest BCUT2D eigenvalue weighted by Crippen LogP contribution is -2.44. The molecule has 31 heavy (non-hydrogen) atoms. The Morgan fingerprint density at radius 3 is 2.48 bits per heavy atom. The molecule has 0 unspecified atom stereocenters. The van der Waals surface area contributed by atoms with Gasteiger partial charge in [0.1, 0.15) is 0 Å². The summed E-state index contributed by atoms with van der Waals surface area (Å²) in [5, 5.41) is 4.58. The van der Waals surface area contributed by atoms with E-state index in [0.717, 1.165) is 24.8 Å². The first-order valence-electron chi connectivity index (χ1n) is 10.6. The molecule has 10 heteroatoms. The summed E-state index contributed by atoms with van der Waals surface area (Å²) in [6, 6.07) is 4.54. The number of benzene rings is 1. The molecule has 1 aliphatic carbocycles. The highest BCUT2D eigenvalue weighted by Crippen LogP contribution is 2.28. The van der Waals surface area contributed by atoms with Crippen LogP contribution >= 0.6 is 0 Å². The van der Waals surface area contributed by atoms with Crippen LogP contribution in [-0.4, -0.2) is 56.4 Å². The highest BCUT2D eigenvalue weighted by Gasteiger charge is 2.33. The molecule has 0 aromatic heterocycles. The standard InChI is InChI=1S/C21H29N3O6S/c1-14(2)22-21(27)23-19(25)13-30-20(26)16-8-10-24(11-9-16)31(28,29)18-7-6-15-4-3-5-17(15)12-18/h6-7,12,14,16H,3-5,8-11,13H2,1-2H3,(H2,22,23,25,27). The molecule has 2 N–H and O–H groups in total. The molecule has 1 saturated heterocycles. The van der Waals surface area contributed by atoms with E-state index < -0.39 is 40.5 Å². The van der Waals surface area contributed by atoms with E-state index in [4.69, 9.17) is 4.74 Å². The third-order valence-corrected chi connectivity index (χ3v) is 7.41. The maximum atomic E-state index is 13.0. The second-order valence-electron chi connectivity index (χ2n) is 8.25. The molecular weight excluding hydrogens is 422 g/mol. The second-order valence-corrected chi connectivity index (χ2v) is 10.2. The van der Waals surface area contributed by atoms with Gasteiger partial charge in [0.15, 0.2) is 6.61 Å². The zero-order valence-electron chi connectivity index (χ0n) is 17.8. The first kappa shape index (κ1) is 23.2. The number of carbonyl (C=O) groups excluding carboxylic acids is 3. The van der Waals surface area contributed by atoms with Crippen molar-refractivity contribution < 1.29 is 27.5 Å². The smallest absolute Gasteiger partial charge is 0.321 e. The van der Waals surface area contributed by atoms with Crippen LogP contribution < -0.4 is 10.6 Å². The molecule has 0 saturated carbocycles. The molecule has 1 heterocycles. The Morgan fingerprint density at radius 2 is 1.81 bits per heavy atom. The first-order valence-corrected chi connectivity index (χ1v) is 12.0. The van der Waals surface area contributed by atoms with Crippen molar-refractivity contribution in [2.75, 3.05) is 19.7 Å². The van der Waals surface area contributed by atoms with E-state index in [1.54, 1.807) is 26.0 Å². The Balaban J connectivity index is 1.48. The van der Waals surface area contributed by atoms with Gasteiger partial charge in [-0.25, -0.2) is 13.2 Å². The minimum absolute atomic E-state index is 0.131. The fraction of sp³-hybridized carbons (Fsp3) is 0.571. The summed E-state index contributed by atoms with van der Waals surface area (Å²) in [4.78, 5) is 35.7. The molecule has 0 atom stereocenters. The zero-order chi connectivity index (χ0) is 22.6. The number of carbonyl (C=O) groups is 3. The summed E-state index contributed by atoms with van der Waals surface area (Å²) in [5.41, 5.74) is 2.31. The number of hydrogen-bond donors (Lipinski definition) is 2. The SMILES string of the molecule is CC(C)NC(=O)NC(=O)COC(=O)C1CCN(S(=O)(=O)c2ccc3c(c2)CCC3)CC1. The van der Waals surface area contributed by atoms with Gasteiger partial charge in [0.25, 0.3) is 5.91 Å². The minimum Gasteiger partial charge on any atom is -0.455 e. The van der Waals surface area contributed by atoms with Crippen LogP contribution in [0, 0.1) is 5.92 Å². The number of amides is 3. The van der Waals surface area contributed by atoms with Gasteiger partial charge in [0, 0.05) is 19.1 Å². The van der Waals surface area contributed by atoms with Gasteiger partial charge in [0.05, 0.1) is 10.8 Å². The average molecular weight is 452 g/mol. The van der Waals surface area contributed by atoms with E-state index >= 15 is 0 Å². The molecule has 3 rings (SSSR count). The van der Waals surface area contributed by atoms with Crippen molar-refractivity contribution in [2.45, 2.75) is 56.9 Å². The lowest BCUT2D eigenvalue weighted by atomic mass is 9.98. The van der Waals surface area contributed by atoms with Crippen molar-refractivity contribution in [1.82, 2.24) is 14.9 Å². The Kier molecular flexibility index (Phi) is 7.32. The van der Waals surface area contributed by atoms with E-state index in [1.165, 1.54) is 9.87 Å². The average Bonchev–Trinajstić information content (AvgIpc) is 3.19. The molecule has 1 aliphatic heterocycles. The predicted molar refractivity (Wildman–Crippen MR) is 113 cm³/mol. The van der Waals surface area contributed by atoms with Crippen LogP contribution in [0.5, 0.6) is 0 Å². The number of ether oxygens (including phenoxy) is 1. The second kappa shape index (κ2) is 9.78. The van der Waals surface area contributed by atoms with Gasteiger partial charge in [-0.2, -0.15) is 4.31 Å². The third kappa shape index (κ3) is 5.82. The van der Waals surface area contributed by atoms with Gasteiger partial charge in [-0.15, -0.1) is 0 Å². The number of rotatable bonds is 6. The molecule has 0 bridgehead atoms. The highest BCUT2D eigenvalue weighted by atomic mass is 32.2. The summed E-state index contributed by atoms with van der Waals surface area (Å²) in [6.07, 6.45) is 3.58. The van der Waals surface area contributed by atoms with Crippen molar-refractivity contribution >= 4 is 27.9 Å². The number of nitrogens with zero attached hydrogens (tertiary/aromatic N) is 1. The van der Waals surface area contributed by atoms with Gasteiger partial charge >= 0.3 is 12.0 Å². The van der Waals surface area contributed by atoms with Crippen molar-refractivity contribution in [3.8, 4) is 0 Å². The van der Waals surface area contributed by atoms with Gasteiger partial charge in [0.2, 0.25) is 10.0 Å². The zero-order valence-corrected chi connectivity index (χ0v) is 18.7. The van der Waals surface area contributed by atoms with E-state index in [9.17, 15) is 22.8 Å². The molecule has 9 nitrogen and oxygen atoms in total. The van der Waals surface area contributed by atoms with Crippen molar-refractivity contribution in [2.24, 2.45) is 5.92 Å². The fourth-order valence-electron chi connectivity index (χ4n) is 3.91. The monoisotopic (exact) mass is 451 g/mol. The van der Waals surface area contributed by atoms with E-state index in [0.29, 0.717) is 17.7 Å². The summed E-state index contributed by atoms with van der Waals surface area (Å²) in [6.45, 7) is 3.37. The summed E-state index contributed by atoms with van der Waals surface area (Å²) >= 11 is 0. The van der Waals surface area contributed by atoms with E-state index in [-0.39, 0.29) is 19.1 Å². The van der Waals surface area contributed by atoms with Crippen molar-refractivity contribution in [3.63, 3.8) is 0 Å². The molecule has 0 radical (unpaired) electrons. The van der Waals surface area contributed by atoms with Crippen molar-refractivity contribution in [3.05, 3.63) is 29.3 Å². The summed E-state index contributed by atoms with van der Waals surface area (Å²) in [7, 11) is -3.61. The van der Waals surface area contributed by atoms with Crippen molar-refractivity contribution in [1.29, 1.82) is 0 Å². The molecule has 170 valence electrons. The largest absolute Gasteiger partial charge is 0.455 e. The normalized spacial score (nSPS) is 17.3. The lowest BCUT2D eigenvalue weighted by Gasteiger charge is -2.30. The Hall–Kier alpha value is -2.46. The van der Waals surface area contributed by atoms with Crippen LogP contribution in [0.4, 0.5) is 4.79 Å². The molecule has 2 aliphatic rings. The fourth-order valence-corrected chi connectivity index (χ4v) is 5.43. The molecule has 3 amide bonds. The van der Waals surface area contributed by atoms with Crippen LogP contribution in [0.1, 0.15) is 44.2 Å². The lowest BCUT2D eigenvalue weighted by molar-refractivity contribution is -0.153. The number of esters is 1. The van der Waals surface area contributed by atoms with Crippen LogP contribution in [0.25, 0.3) is 0 Å². The first-order chi connectivity index (χ1) is 14.7. The van der Waals surface area contributed by atoms with Gasteiger partial charge in [-0.05, 0) is 69.2 Å². The van der Waals surface area contributed by atoms with Gasteiger partial charge in [-0.3, -0.25) is 14.9 Å². The third-order valence-electron chi connectivity index (χ3n) is 5.51. The molecule has 1 aromatic carbocycles. The Bertz CT molecular complexity index is 952. The topological polar surface area (TPSA) is 122 Å². The van der Waals surface area contributed by atoms with Gasteiger partial charge < -0.3 is 10.1 Å². The number of fused-ring (bicyclic) bond motifs is 1. The molecular formula is C21H29N3O6S. The summed E-state index contributed by atoms with van der Waals surface area (Å²) < 4.78 is 32.4. The maximum Gasteiger partial charge on any atom is 0.321 e. The van der Waals surface area contributed by atoms with E-state index in [1.807, 2.05) is 6.07 Å². The minimum atomic E-state index is -3.61. The molecule has 0 spiro atoms. The number of sulfonamides is 1. The number of nitrogens with one attached hydrogen (secondary N) is 2.